The highest BCUT2D eigenvalue weighted by atomic mass is 32.1. The molecule has 2 aromatic carbocycles. The zero-order valence-electron chi connectivity index (χ0n) is 20.0. The molecule has 4 aromatic rings. The van der Waals surface area contributed by atoms with Gasteiger partial charge in [0.25, 0.3) is 5.91 Å². The molecule has 0 saturated carbocycles. The predicted octanol–water partition coefficient (Wildman–Crippen LogP) is 4.01. The zero-order valence-corrected chi connectivity index (χ0v) is 20.8. The highest BCUT2D eigenvalue weighted by Crippen LogP contribution is 2.41. The maximum Gasteiger partial charge on any atom is 0.290 e. The highest BCUT2D eigenvalue weighted by Gasteiger charge is 2.44. The lowest BCUT2D eigenvalue weighted by molar-refractivity contribution is -0.129. The van der Waals surface area contributed by atoms with E-state index in [0.29, 0.717) is 28.7 Å². The lowest BCUT2D eigenvalue weighted by Gasteiger charge is -2.28. The van der Waals surface area contributed by atoms with Crippen LogP contribution in [0.3, 0.4) is 0 Å². The first-order valence-corrected chi connectivity index (χ1v) is 12.1. The number of aliphatic hydroxyl groups is 1. The summed E-state index contributed by atoms with van der Waals surface area (Å²) in [6, 6.07) is 14.3. The number of hydrogen-bond donors (Lipinski definition) is 1. The van der Waals surface area contributed by atoms with Crippen molar-refractivity contribution in [3.8, 4) is 5.75 Å². The molecule has 1 N–H and O–H groups in total. The van der Waals surface area contributed by atoms with Gasteiger partial charge in [0.1, 0.15) is 5.75 Å². The molecule has 1 aliphatic heterocycles. The molecule has 0 spiro atoms. The van der Waals surface area contributed by atoms with Gasteiger partial charge in [-0.25, -0.2) is 4.98 Å². The Bertz CT molecular complexity index is 1480. The Balaban J connectivity index is 1.61. The summed E-state index contributed by atoms with van der Waals surface area (Å²) in [6.07, 6.45) is 0. The summed E-state index contributed by atoms with van der Waals surface area (Å²) in [7, 11) is 5.41. The Morgan fingerprint density at radius 3 is 2.57 bits per heavy atom. The number of hydrogen-bond acceptors (Lipinski definition) is 7. The van der Waals surface area contributed by atoms with E-state index in [1.165, 1.54) is 11.3 Å². The van der Waals surface area contributed by atoms with Gasteiger partial charge >= 0.3 is 0 Å². The maximum atomic E-state index is 14.0. The number of aromatic nitrogens is 2. The minimum absolute atomic E-state index is 0.0934. The summed E-state index contributed by atoms with van der Waals surface area (Å²) in [4.78, 5) is 36.4. The van der Waals surface area contributed by atoms with Crippen molar-refractivity contribution >= 4 is 39.0 Å². The number of amides is 1. The molecule has 5 rings (SSSR count). The fourth-order valence-electron chi connectivity index (χ4n) is 4.55. The van der Waals surface area contributed by atoms with Crippen LogP contribution in [0, 0.1) is 6.92 Å². The largest absolute Gasteiger partial charge is 0.503 e. The Labute approximate surface area is 206 Å². The van der Waals surface area contributed by atoms with Gasteiger partial charge in [0, 0.05) is 18.8 Å². The number of ketones is 1. The molecule has 0 aliphatic carbocycles. The monoisotopic (exact) mass is 490 g/mol. The van der Waals surface area contributed by atoms with E-state index in [4.69, 9.17) is 4.74 Å². The van der Waals surface area contributed by atoms with Crippen molar-refractivity contribution < 1.29 is 19.4 Å². The van der Waals surface area contributed by atoms with Crippen molar-refractivity contribution in [3.05, 3.63) is 76.0 Å². The number of carbonyl (C=O) groups excluding carboxylic acids is 2. The Kier molecular flexibility index (Phi) is 5.82. The van der Waals surface area contributed by atoms with Crippen LogP contribution in [0.1, 0.15) is 27.0 Å². The van der Waals surface area contributed by atoms with E-state index in [0.717, 1.165) is 22.3 Å². The van der Waals surface area contributed by atoms with E-state index in [1.54, 1.807) is 24.1 Å². The first-order valence-electron chi connectivity index (χ1n) is 11.3. The van der Waals surface area contributed by atoms with Crippen LogP contribution in [-0.2, 0) is 4.79 Å². The topological polar surface area (TPSA) is 87.4 Å². The number of imidazole rings is 1. The first kappa shape index (κ1) is 23.1. The van der Waals surface area contributed by atoms with Crippen LogP contribution >= 0.6 is 11.3 Å². The number of nitrogens with zero attached hydrogens (tertiary/aromatic N) is 4. The second kappa shape index (κ2) is 8.83. The molecule has 1 amide bonds. The smallest absolute Gasteiger partial charge is 0.290 e. The van der Waals surface area contributed by atoms with Crippen molar-refractivity contribution in [2.75, 3.05) is 34.3 Å². The number of aliphatic hydroxyl groups excluding tert-OH is 1. The Hall–Kier alpha value is -3.69. The molecule has 3 heterocycles. The second-order valence-electron chi connectivity index (χ2n) is 8.80. The number of carbonyl (C=O) groups is 2. The average molecular weight is 491 g/mol. The molecule has 0 fully saturated rings. The number of benzene rings is 2. The molecule has 180 valence electrons. The molecule has 1 atom stereocenters. The molecule has 1 aliphatic rings. The van der Waals surface area contributed by atoms with Gasteiger partial charge in [-0.15, -0.1) is 0 Å². The summed E-state index contributed by atoms with van der Waals surface area (Å²) >= 11 is 1.27. The summed E-state index contributed by atoms with van der Waals surface area (Å²) < 4.78 is 7.23. The Morgan fingerprint density at radius 2 is 1.89 bits per heavy atom. The molecule has 0 bridgehead atoms. The predicted molar refractivity (Wildman–Crippen MR) is 135 cm³/mol. The van der Waals surface area contributed by atoms with Crippen LogP contribution in [0.15, 0.2) is 59.9 Å². The van der Waals surface area contributed by atoms with Crippen LogP contribution in [0.5, 0.6) is 5.75 Å². The number of fused-ring (bicyclic) bond motifs is 3. The fourth-order valence-corrected chi connectivity index (χ4v) is 5.65. The third-order valence-corrected chi connectivity index (χ3v) is 7.50. The summed E-state index contributed by atoms with van der Waals surface area (Å²) in [5.41, 5.74) is 3.32. The molecule has 9 heteroatoms. The number of methoxy groups -OCH3 is 1. The van der Waals surface area contributed by atoms with Crippen molar-refractivity contribution in [2.45, 2.75) is 13.0 Å². The minimum atomic E-state index is -0.702. The maximum absolute atomic E-state index is 14.0. The van der Waals surface area contributed by atoms with Crippen molar-refractivity contribution in [3.63, 3.8) is 0 Å². The average Bonchev–Trinajstić information content (AvgIpc) is 3.46. The number of rotatable bonds is 7. The van der Waals surface area contributed by atoms with Gasteiger partial charge in [-0.2, -0.15) is 0 Å². The number of ether oxygens (including phenoxy) is 1. The molecule has 0 saturated heterocycles. The summed E-state index contributed by atoms with van der Waals surface area (Å²) in [5, 5.41) is 11.0. The summed E-state index contributed by atoms with van der Waals surface area (Å²) in [6.45, 7) is 2.82. The molecule has 35 heavy (non-hydrogen) atoms. The molecule has 1 unspecified atom stereocenters. The van der Waals surface area contributed by atoms with Crippen molar-refractivity contribution in [2.24, 2.45) is 0 Å². The number of aryl methyl sites for hydroxylation is 1. The normalized spacial score (nSPS) is 16.3. The van der Waals surface area contributed by atoms with Gasteiger partial charge < -0.3 is 19.6 Å². The summed E-state index contributed by atoms with van der Waals surface area (Å²) in [5.74, 6) is -0.729. The van der Waals surface area contributed by atoms with Gasteiger partial charge in [-0.1, -0.05) is 35.6 Å². The minimum Gasteiger partial charge on any atom is -0.503 e. The van der Waals surface area contributed by atoms with Gasteiger partial charge in [0.15, 0.2) is 10.7 Å². The van der Waals surface area contributed by atoms with E-state index >= 15 is 0 Å². The van der Waals surface area contributed by atoms with Gasteiger partial charge in [0.05, 0.1) is 34.6 Å². The number of para-hydroxylation sites is 2. The molecular formula is C26H26N4O4S. The number of thiazole rings is 1. The van der Waals surface area contributed by atoms with E-state index in [-0.39, 0.29) is 11.4 Å². The Morgan fingerprint density at radius 1 is 1.17 bits per heavy atom. The van der Waals surface area contributed by atoms with E-state index < -0.39 is 17.7 Å². The van der Waals surface area contributed by atoms with Gasteiger partial charge in [0.2, 0.25) is 5.78 Å². The van der Waals surface area contributed by atoms with E-state index in [1.807, 2.05) is 66.7 Å². The first-order chi connectivity index (χ1) is 16.8. The quantitative estimate of drug-likeness (QED) is 0.394. The van der Waals surface area contributed by atoms with Crippen LogP contribution < -0.4 is 4.74 Å². The van der Waals surface area contributed by atoms with Crippen LogP contribution in [-0.4, -0.2) is 70.3 Å². The molecule has 0 radical (unpaired) electrons. The van der Waals surface area contributed by atoms with E-state index in [2.05, 4.69) is 4.98 Å². The van der Waals surface area contributed by atoms with Crippen LogP contribution in [0.4, 0.5) is 0 Å². The standard InChI is InChI=1S/C26H26N4O4S/c1-15-24(35-26-27-18-7-5-6-8-19(18)30(15)26)22(31)20-21(16-9-11-17(34-4)12-10-16)29(14-13-28(2)3)25(33)23(20)32/h5-12,21,32H,13-14H2,1-4H3. The third kappa shape index (κ3) is 3.77. The van der Waals surface area contributed by atoms with Crippen LogP contribution in [0.2, 0.25) is 0 Å². The van der Waals surface area contributed by atoms with Crippen molar-refractivity contribution in [1.29, 1.82) is 0 Å². The molecular weight excluding hydrogens is 464 g/mol. The third-order valence-electron chi connectivity index (χ3n) is 6.36. The highest BCUT2D eigenvalue weighted by molar-refractivity contribution is 7.19. The fraction of sp³-hybridized carbons (Fsp3) is 0.269. The van der Waals surface area contributed by atoms with Gasteiger partial charge in [-0.05, 0) is 50.8 Å². The lowest BCUT2D eigenvalue weighted by Crippen LogP contribution is -2.36. The van der Waals surface area contributed by atoms with E-state index in [9.17, 15) is 14.7 Å². The van der Waals surface area contributed by atoms with Crippen molar-refractivity contribution in [1.82, 2.24) is 19.2 Å². The SMILES string of the molecule is COc1ccc(C2C(C(=O)c3sc4nc5ccccc5n4c3C)=C(O)C(=O)N2CCN(C)C)cc1. The van der Waals surface area contributed by atoms with Gasteiger partial charge in [-0.3, -0.25) is 14.0 Å². The molecule has 8 nitrogen and oxygen atoms in total. The number of Topliss-reactive ketones (excluding diaryl/α,β-unsaturated/α-hetero) is 1. The molecule has 2 aromatic heterocycles. The van der Waals surface area contributed by atoms with Crippen LogP contribution in [0.25, 0.3) is 16.0 Å². The lowest BCUT2D eigenvalue weighted by atomic mass is 9.95. The zero-order chi connectivity index (χ0) is 24.9. The number of likely N-dealkylation sites (N-methyl/N-ethyl adjacent to an activating group) is 1. The second-order valence-corrected chi connectivity index (χ2v) is 9.78.